The standard InChI is InChI=1S/C25H27FN4O12/c26-16-12(18(32)19(33)14(17(16)31)9-29-4-6-42-7-5-29)8-27-15-3-1-2-11-13(15)10-30(20(11)34)23(37)21(35)28-22(36)24(38,39)25(23,40)41/h1-3,27,31-33,37-41H,4-10H2,(H,28,35,36). The van der Waals surface area contributed by atoms with E-state index >= 15 is 4.39 Å². The number of carbonyl (C=O) groups excluding carboxylic acids is 3. The number of halogens is 1. The first-order valence-electron chi connectivity index (χ1n) is 12.5. The summed E-state index contributed by atoms with van der Waals surface area (Å²) in [4.78, 5) is 39.5. The van der Waals surface area contributed by atoms with Gasteiger partial charge in [-0.3, -0.25) is 29.5 Å². The Balaban J connectivity index is 1.42. The van der Waals surface area contributed by atoms with E-state index in [9.17, 15) is 55.2 Å². The molecule has 0 bridgehead atoms. The number of nitrogens with zero attached hydrogens (tertiary/aromatic N) is 2. The van der Waals surface area contributed by atoms with Crippen LogP contribution in [-0.2, 0) is 34.0 Å². The van der Waals surface area contributed by atoms with Crippen LogP contribution in [0.1, 0.15) is 27.0 Å². The highest BCUT2D eigenvalue weighted by molar-refractivity contribution is 6.10. The molecule has 0 aliphatic carbocycles. The average Bonchev–Trinajstić information content (AvgIpc) is 3.30. The fourth-order valence-electron chi connectivity index (χ4n) is 5.16. The minimum Gasteiger partial charge on any atom is -0.504 e. The second-order valence-electron chi connectivity index (χ2n) is 10.1. The van der Waals surface area contributed by atoms with Crippen LogP contribution in [0.3, 0.4) is 0 Å². The van der Waals surface area contributed by atoms with Gasteiger partial charge in [-0.05, 0) is 12.1 Å². The molecule has 1 atom stereocenters. The maximum atomic E-state index is 15.2. The van der Waals surface area contributed by atoms with Gasteiger partial charge >= 0.3 is 5.79 Å². The van der Waals surface area contributed by atoms with Crippen LogP contribution >= 0.6 is 0 Å². The van der Waals surface area contributed by atoms with Crippen molar-refractivity contribution in [1.29, 1.82) is 0 Å². The lowest BCUT2D eigenvalue weighted by Gasteiger charge is -2.50. The predicted molar refractivity (Wildman–Crippen MR) is 134 cm³/mol. The van der Waals surface area contributed by atoms with Gasteiger partial charge < -0.3 is 50.9 Å². The van der Waals surface area contributed by atoms with Crippen LogP contribution in [-0.4, -0.2) is 112 Å². The first-order valence-corrected chi connectivity index (χ1v) is 12.5. The van der Waals surface area contributed by atoms with Gasteiger partial charge in [-0.1, -0.05) is 6.07 Å². The number of hydrogen-bond donors (Lipinski definition) is 10. The first-order chi connectivity index (χ1) is 19.6. The van der Waals surface area contributed by atoms with Crippen molar-refractivity contribution in [1.82, 2.24) is 15.1 Å². The van der Waals surface area contributed by atoms with Gasteiger partial charge in [0, 0.05) is 43.0 Å². The molecule has 226 valence electrons. The fourth-order valence-corrected chi connectivity index (χ4v) is 5.16. The van der Waals surface area contributed by atoms with Gasteiger partial charge in [0.05, 0.1) is 30.9 Å². The molecule has 0 saturated carbocycles. The summed E-state index contributed by atoms with van der Waals surface area (Å²) in [5.41, 5.74) is -4.67. The van der Waals surface area contributed by atoms with Crippen LogP contribution in [0.25, 0.3) is 0 Å². The number of ether oxygens (including phenoxy) is 1. The van der Waals surface area contributed by atoms with Crippen LogP contribution < -0.4 is 10.6 Å². The van der Waals surface area contributed by atoms with E-state index in [1.54, 1.807) is 4.90 Å². The molecule has 3 aliphatic heterocycles. The lowest BCUT2D eigenvalue weighted by molar-refractivity contribution is -0.407. The van der Waals surface area contributed by atoms with Crippen molar-refractivity contribution in [3.63, 3.8) is 0 Å². The van der Waals surface area contributed by atoms with Gasteiger partial charge in [0.2, 0.25) is 0 Å². The zero-order valence-corrected chi connectivity index (χ0v) is 21.7. The van der Waals surface area contributed by atoms with E-state index < -0.39 is 76.7 Å². The van der Waals surface area contributed by atoms with Crippen LogP contribution in [0.15, 0.2) is 18.2 Å². The smallest absolute Gasteiger partial charge is 0.306 e. The number of anilines is 1. The number of nitrogens with one attached hydrogen (secondary N) is 2. The van der Waals surface area contributed by atoms with Crippen LogP contribution in [0, 0.1) is 5.82 Å². The van der Waals surface area contributed by atoms with E-state index in [0.717, 1.165) is 0 Å². The van der Waals surface area contributed by atoms with Crippen molar-refractivity contribution in [2.75, 3.05) is 31.6 Å². The summed E-state index contributed by atoms with van der Waals surface area (Å²) in [6.45, 7) is 0.343. The molecule has 17 heteroatoms. The number of benzene rings is 2. The summed E-state index contributed by atoms with van der Waals surface area (Å²) in [7, 11) is 0. The van der Waals surface area contributed by atoms with Crippen LogP contribution in [0.4, 0.5) is 10.1 Å². The largest absolute Gasteiger partial charge is 0.504 e. The van der Waals surface area contributed by atoms with E-state index in [0.29, 0.717) is 26.3 Å². The number of hydrogen-bond acceptors (Lipinski definition) is 14. The minimum atomic E-state index is -4.28. The van der Waals surface area contributed by atoms with E-state index in [4.69, 9.17) is 4.74 Å². The summed E-state index contributed by atoms with van der Waals surface area (Å²) in [6.07, 6.45) is 0. The monoisotopic (exact) mass is 594 g/mol. The number of fused-ring (bicyclic) bond motifs is 1. The Kier molecular flexibility index (Phi) is 7.01. The van der Waals surface area contributed by atoms with Gasteiger partial charge in [0.25, 0.3) is 29.2 Å². The molecule has 3 amide bonds. The molecule has 2 saturated heterocycles. The molecule has 10 N–H and O–H groups in total. The minimum absolute atomic E-state index is 0.00943. The third-order valence-corrected chi connectivity index (χ3v) is 7.69. The highest BCUT2D eigenvalue weighted by Crippen LogP contribution is 2.44. The molecule has 0 spiro atoms. The van der Waals surface area contributed by atoms with E-state index in [-0.39, 0.29) is 33.8 Å². The summed E-state index contributed by atoms with van der Waals surface area (Å²) in [5.74, 6) is -17.1. The number of amides is 3. The molecule has 2 aromatic rings. The number of phenols is 3. The number of aromatic hydroxyl groups is 3. The van der Waals surface area contributed by atoms with Crippen molar-refractivity contribution in [2.45, 2.75) is 36.9 Å². The highest BCUT2D eigenvalue weighted by atomic mass is 19.1. The van der Waals surface area contributed by atoms with Crippen molar-refractivity contribution in [3.8, 4) is 17.2 Å². The second kappa shape index (κ2) is 10.0. The molecular weight excluding hydrogens is 567 g/mol. The topological polar surface area (TPSA) is 253 Å². The Labute approximate surface area is 235 Å². The van der Waals surface area contributed by atoms with Gasteiger partial charge in [-0.15, -0.1) is 0 Å². The predicted octanol–water partition coefficient (Wildman–Crippen LogP) is -2.95. The molecule has 1 unspecified atom stereocenters. The Morgan fingerprint density at radius 1 is 0.929 bits per heavy atom. The Morgan fingerprint density at radius 3 is 2.24 bits per heavy atom. The number of aliphatic hydroxyl groups is 5. The molecule has 16 nitrogen and oxygen atoms in total. The van der Waals surface area contributed by atoms with Gasteiger partial charge in [-0.2, -0.15) is 0 Å². The Hall–Kier alpha value is -4.10. The maximum absolute atomic E-state index is 15.2. The van der Waals surface area contributed by atoms with Gasteiger partial charge in [0.1, 0.15) is 0 Å². The molecule has 42 heavy (non-hydrogen) atoms. The second-order valence-corrected chi connectivity index (χ2v) is 10.1. The zero-order chi connectivity index (χ0) is 30.8. The summed E-state index contributed by atoms with van der Waals surface area (Å²) < 4.78 is 20.4. The quantitative estimate of drug-likeness (QED) is 0.0695. The SMILES string of the molecule is O=C1c2cccc(NCc3c(O)c(O)c(CN4CCOCC4)c(O)c3F)c2CN1C1(O)C(=O)NC(=O)C(O)(O)C1(O)O. The van der Waals surface area contributed by atoms with E-state index in [1.807, 2.05) is 0 Å². The molecule has 0 aromatic heterocycles. The maximum Gasteiger partial charge on any atom is 0.306 e. The fraction of sp³-hybridized carbons (Fsp3) is 0.400. The molecule has 3 heterocycles. The average molecular weight is 595 g/mol. The number of rotatable bonds is 6. The number of imide groups is 1. The number of phenolic OH excluding ortho intramolecular Hbond substituents is 3. The van der Waals surface area contributed by atoms with Crippen LogP contribution in [0.2, 0.25) is 0 Å². The molecule has 3 aliphatic rings. The van der Waals surface area contributed by atoms with Gasteiger partial charge in [-0.25, -0.2) is 4.39 Å². The van der Waals surface area contributed by atoms with E-state index in [1.165, 1.54) is 23.5 Å². The lowest BCUT2D eigenvalue weighted by Crippen LogP contribution is -2.85. The van der Waals surface area contributed by atoms with Crippen molar-refractivity contribution in [3.05, 3.63) is 46.3 Å². The number of morpholine rings is 1. The lowest BCUT2D eigenvalue weighted by atomic mass is 9.86. The first kappa shape index (κ1) is 29.4. The molecule has 5 rings (SSSR count). The molecule has 2 fully saturated rings. The Morgan fingerprint density at radius 2 is 1.57 bits per heavy atom. The van der Waals surface area contributed by atoms with Crippen molar-refractivity contribution < 1.29 is 64.4 Å². The molecular formula is C25H27FN4O12. The third-order valence-electron chi connectivity index (χ3n) is 7.69. The summed E-state index contributed by atoms with van der Waals surface area (Å²) in [6, 6.07) is 3.94. The van der Waals surface area contributed by atoms with Crippen molar-refractivity contribution >= 4 is 23.4 Å². The summed E-state index contributed by atoms with van der Waals surface area (Å²) in [5, 5.41) is 87.3. The Bertz CT molecular complexity index is 1460. The van der Waals surface area contributed by atoms with Crippen LogP contribution in [0.5, 0.6) is 17.2 Å². The van der Waals surface area contributed by atoms with E-state index in [2.05, 4.69) is 5.32 Å². The molecule has 2 aromatic carbocycles. The molecule has 0 radical (unpaired) electrons. The number of carbonyl (C=O) groups is 3. The third kappa shape index (κ3) is 4.13. The van der Waals surface area contributed by atoms with Gasteiger partial charge in [0.15, 0.2) is 23.1 Å². The summed E-state index contributed by atoms with van der Waals surface area (Å²) >= 11 is 0. The zero-order valence-electron chi connectivity index (χ0n) is 21.7. The van der Waals surface area contributed by atoms with Crippen molar-refractivity contribution in [2.24, 2.45) is 0 Å². The highest BCUT2D eigenvalue weighted by Gasteiger charge is 2.76. The normalized spacial score (nSPS) is 23.6. The number of piperidine rings is 1.